The van der Waals surface area contributed by atoms with Crippen molar-refractivity contribution in [3.63, 3.8) is 0 Å². The van der Waals surface area contributed by atoms with E-state index in [1.807, 2.05) is 13.8 Å². The Kier molecular flexibility index (Phi) is 3.88. The fourth-order valence-corrected chi connectivity index (χ4v) is 1.41. The average molecular weight is 265 g/mol. The van der Waals surface area contributed by atoms with Crippen molar-refractivity contribution < 1.29 is 14.1 Å². The van der Waals surface area contributed by atoms with Gasteiger partial charge >= 0.3 is 5.97 Å². The first-order valence-corrected chi connectivity index (χ1v) is 5.90. The molecule has 0 amide bonds. The quantitative estimate of drug-likeness (QED) is 0.738. The number of esters is 1. The molecule has 2 aromatic rings. The summed E-state index contributed by atoms with van der Waals surface area (Å²) < 4.78 is 11.3. The number of aromatic nitrogens is 5. The summed E-state index contributed by atoms with van der Waals surface area (Å²) in [5.74, 6) is 0.277. The maximum absolute atomic E-state index is 11.8. The predicted octanol–water partition coefficient (Wildman–Crippen LogP) is 0.831. The van der Waals surface area contributed by atoms with Crippen LogP contribution in [0.1, 0.15) is 35.9 Å². The van der Waals surface area contributed by atoms with Gasteiger partial charge in [0.25, 0.3) is 0 Å². The smallest absolute Gasteiger partial charge is 0.360 e. The number of nitrogens with zero attached hydrogens (tertiary/aromatic N) is 5. The molecule has 0 saturated heterocycles. The molecule has 0 aromatic carbocycles. The molecule has 0 atom stereocenters. The molecule has 102 valence electrons. The molecular formula is C11H15N5O3. The monoisotopic (exact) mass is 265 g/mol. The van der Waals surface area contributed by atoms with Crippen LogP contribution in [-0.2, 0) is 11.3 Å². The van der Waals surface area contributed by atoms with Crippen molar-refractivity contribution >= 4 is 5.97 Å². The van der Waals surface area contributed by atoms with Crippen LogP contribution in [0.15, 0.2) is 10.9 Å². The second kappa shape index (κ2) is 5.59. The summed E-state index contributed by atoms with van der Waals surface area (Å²) in [6.07, 6.45) is 1.24. The minimum atomic E-state index is -0.467. The first-order chi connectivity index (χ1) is 9.08. The van der Waals surface area contributed by atoms with Crippen molar-refractivity contribution in [3.05, 3.63) is 23.6 Å². The van der Waals surface area contributed by atoms with Crippen molar-refractivity contribution in [1.29, 1.82) is 0 Å². The number of ether oxygens (including phenoxy) is 1. The molecule has 0 N–H and O–H groups in total. The van der Waals surface area contributed by atoms with Gasteiger partial charge < -0.3 is 9.26 Å². The van der Waals surface area contributed by atoms with E-state index < -0.39 is 5.97 Å². The van der Waals surface area contributed by atoms with Crippen LogP contribution < -0.4 is 0 Å². The largest absolute Gasteiger partial charge is 0.461 e. The maximum atomic E-state index is 11.8. The third-order valence-electron chi connectivity index (χ3n) is 2.42. The van der Waals surface area contributed by atoms with Crippen LogP contribution in [0.3, 0.4) is 0 Å². The van der Waals surface area contributed by atoms with Crippen LogP contribution in [0.25, 0.3) is 0 Å². The summed E-state index contributed by atoms with van der Waals surface area (Å²) in [6.45, 7) is 6.33. The molecule has 0 fully saturated rings. The van der Waals surface area contributed by atoms with Crippen LogP contribution in [0.5, 0.6) is 0 Å². The van der Waals surface area contributed by atoms with E-state index >= 15 is 0 Å². The van der Waals surface area contributed by atoms with E-state index in [9.17, 15) is 4.79 Å². The van der Waals surface area contributed by atoms with Gasteiger partial charge in [0.05, 0.1) is 12.3 Å². The molecule has 0 unspecified atom stereocenters. The van der Waals surface area contributed by atoms with Gasteiger partial charge in [-0.25, -0.2) is 9.48 Å². The van der Waals surface area contributed by atoms with Gasteiger partial charge in [-0.05, 0) is 12.8 Å². The zero-order valence-electron chi connectivity index (χ0n) is 11.0. The molecule has 0 radical (unpaired) electrons. The third-order valence-corrected chi connectivity index (χ3v) is 2.42. The lowest BCUT2D eigenvalue weighted by Crippen LogP contribution is -2.12. The van der Waals surface area contributed by atoms with Gasteiger partial charge in [0, 0.05) is 0 Å². The standard InChI is InChI=1S/C11H15N5O3/c1-7(2)5-18-11(17)10-8(3)16(15-13-10)4-9-12-6-19-14-9/h6-7H,4-5H2,1-3H3. The molecule has 0 saturated carbocycles. The van der Waals surface area contributed by atoms with Crippen molar-refractivity contribution in [1.82, 2.24) is 25.1 Å². The van der Waals surface area contributed by atoms with E-state index in [-0.39, 0.29) is 11.6 Å². The normalized spacial score (nSPS) is 10.9. The number of carbonyl (C=O) groups is 1. The Morgan fingerprint density at radius 2 is 2.32 bits per heavy atom. The first-order valence-electron chi connectivity index (χ1n) is 5.90. The van der Waals surface area contributed by atoms with Gasteiger partial charge in [-0.3, -0.25) is 0 Å². The van der Waals surface area contributed by atoms with E-state index in [1.54, 1.807) is 6.92 Å². The van der Waals surface area contributed by atoms with Gasteiger partial charge in [0.2, 0.25) is 6.39 Å². The highest BCUT2D eigenvalue weighted by Gasteiger charge is 2.19. The topological polar surface area (TPSA) is 95.9 Å². The summed E-state index contributed by atoms with van der Waals surface area (Å²) in [7, 11) is 0. The van der Waals surface area contributed by atoms with Crippen molar-refractivity contribution in [2.24, 2.45) is 5.92 Å². The van der Waals surface area contributed by atoms with Crippen molar-refractivity contribution in [2.75, 3.05) is 6.61 Å². The molecule has 2 aromatic heterocycles. The fraction of sp³-hybridized carbons (Fsp3) is 0.545. The summed E-state index contributed by atoms with van der Waals surface area (Å²) >= 11 is 0. The zero-order chi connectivity index (χ0) is 13.8. The highest BCUT2D eigenvalue weighted by atomic mass is 16.5. The Morgan fingerprint density at radius 1 is 1.53 bits per heavy atom. The molecular weight excluding hydrogens is 250 g/mol. The van der Waals surface area contributed by atoms with Gasteiger partial charge in [-0.2, -0.15) is 4.98 Å². The minimum absolute atomic E-state index is 0.212. The van der Waals surface area contributed by atoms with Crippen LogP contribution in [0.2, 0.25) is 0 Å². The van der Waals surface area contributed by atoms with Crippen molar-refractivity contribution in [3.8, 4) is 0 Å². The summed E-state index contributed by atoms with van der Waals surface area (Å²) in [5, 5.41) is 11.4. The molecule has 0 bridgehead atoms. The molecule has 2 heterocycles. The molecule has 8 heteroatoms. The highest BCUT2D eigenvalue weighted by molar-refractivity contribution is 5.88. The summed E-state index contributed by atoms with van der Waals surface area (Å²) in [5.41, 5.74) is 0.822. The van der Waals surface area contributed by atoms with E-state index in [0.717, 1.165) is 0 Å². The fourth-order valence-electron chi connectivity index (χ4n) is 1.41. The Hall–Kier alpha value is -2.25. The highest BCUT2D eigenvalue weighted by Crippen LogP contribution is 2.08. The summed E-state index contributed by atoms with van der Waals surface area (Å²) in [6, 6.07) is 0. The second-order valence-electron chi connectivity index (χ2n) is 4.52. The molecule has 0 spiro atoms. The van der Waals surface area contributed by atoms with Crippen LogP contribution >= 0.6 is 0 Å². The molecule has 0 aliphatic heterocycles. The van der Waals surface area contributed by atoms with Gasteiger partial charge in [-0.1, -0.05) is 24.2 Å². The van der Waals surface area contributed by atoms with Gasteiger partial charge in [0.15, 0.2) is 11.5 Å². The van der Waals surface area contributed by atoms with Crippen LogP contribution in [-0.4, -0.2) is 37.7 Å². The third kappa shape index (κ3) is 3.15. The average Bonchev–Trinajstić information content (AvgIpc) is 2.98. The van der Waals surface area contributed by atoms with E-state index in [2.05, 4.69) is 25.0 Å². The minimum Gasteiger partial charge on any atom is -0.461 e. The molecule has 8 nitrogen and oxygen atoms in total. The van der Waals surface area contributed by atoms with E-state index in [1.165, 1.54) is 11.1 Å². The number of hydrogen-bond acceptors (Lipinski definition) is 7. The lowest BCUT2D eigenvalue weighted by atomic mass is 10.2. The predicted molar refractivity (Wildman–Crippen MR) is 63.3 cm³/mol. The van der Waals surface area contributed by atoms with Gasteiger partial charge in [-0.15, -0.1) is 5.10 Å². The summed E-state index contributed by atoms with van der Waals surface area (Å²) in [4.78, 5) is 15.7. The number of rotatable bonds is 5. The SMILES string of the molecule is Cc1c(C(=O)OCC(C)C)nnn1Cc1ncon1. The van der Waals surface area contributed by atoms with E-state index in [4.69, 9.17) is 4.74 Å². The Bertz CT molecular complexity index is 547. The van der Waals surface area contributed by atoms with Crippen molar-refractivity contribution in [2.45, 2.75) is 27.3 Å². The first kappa shape index (κ1) is 13.2. The zero-order valence-corrected chi connectivity index (χ0v) is 11.0. The lowest BCUT2D eigenvalue weighted by Gasteiger charge is -2.05. The molecule has 0 aliphatic carbocycles. The number of carbonyl (C=O) groups excluding carboxylic acids is 1. The molecule has 2 rings (SSSR count). The second-order valence-corrected chi connectivity index (χ2v) is 4.52. The Labute approximate surface area is 109 Å². The van der Waals surface area contributed by atoms with Crippen LogP contribution in [0.4, 0.5) is 0 Å². The lowest BCUT2D eigenvalue weighted by molar-refractivity contribution is 0.0451. The van der Waals surface area contributed by atoms with Crippen LogP contribution in [0, 0.1) is 12.8 Å². The Balaban J connectivity index is 2.07. The van der Waals surface area contributed by atoms with Gasteiger partial charge in [0.1, 0.15) is 6.54 Å². The number of hydrogen-bond donors (Lipinski definition) is 0. The molecule has 19 heavy (non-hydrogen) atoms. The molecule has 0 aliphatic rings. The Morgan fingerprint density at radius 3 is 2.95 bits per heavy atom. The van der Waals surface area contributed by atoms with E-state index in [0.29, 0.717) is 24.7 Å². The maximum Gasteiger partial charge on any atom is 0.360 e.